The third-order valence-corrected chi connectivity index (χ3v) is 19.6. The highest BCUT2D eigenvalue weighted by molar-refractivity contribution is 5.76. The normalized spacial score (nSPS) is 22.5. The maximum absolute atomic E-state index is 13.4. The summed E-state index contributed by atoms with van der Waals surface area (Å²) in [5, 5.41) is 87.7. The van der Waals surface area contributed by atoms with Gasteiger partial charge in [0, 0.05) is 6.42 Å². The lowest BCUT2D eigenvalue weighted by Gasteiger charge is -2.46. The molecule has 12 atom stereocenters. The van der Waals surface area contributed by atoms with E-state index in [9.17, 15) is 45.6 Å². The molecule has 0 radical (unpaired) electrons. The largest absolute Gasteiger partial charge is 0.394 e. The average Bonchev–Trinajstić information content (AvgIpc) is 0.794. The lowest BCUT2D eigenvalue weighted by atomic mass is 9.97. The maximum Gasteiger partial charge on any atom is 0.220 e. The number of allylic oxidation sites excluding steroid dienone is 11. The number of unbranched alkanes of at least 4 members (excludes halogenated alkanes) is 45. The van der Waals surface area contributed by atoms with Crippen molar-refractivity contribution in [2.75, 3.05) is 19.8 Å². The Morgan fingerprint density at radius 1 is 0.381 bits per heavy atom. The smallest absolute Gasteiger partial charge is 0.220 e. The van der Waals surface area contributed by atoms with E-state index in [1.807, 2.05) is 6.08 Å². The Balaban J connectivity index is 1.60. The summed E-state index contributed by atoms with van der Waals surface area (Å²) in [6.07, 6.45) is 75.5. The van der Waals surface area contributed by atoms with E-state index in [1.54, 1.807) is 6.08 Å². The molecule has 566 valence electrons. The van der Waals surface area contributed by atoms with Gasteiger partial charge in [0.05, 0.1) is 32.0 Å². The van der Waals surface area contributed by atoms with Crippen LogP contribution in [0.1, 0.15) is 354 Å². The highest BCUT2D eigenvalue weighted by Crippen LogP contribution is 2.30. The van der Waals surface area contributed by atoms with E-state index in [0.717, 1.165) is 70.6 Å². The molecule has 2 aliphatic heterocycles. The summed E-state index contributed by atoms with van der Waals surface area (Å²) in [5.74, 6) is -0.233. The zero-order valence-corrected chi connectivity index (χ0v) is 62.1. The number of amides is 1. The average molecular weight is 1370 g/mol. The van der Waals surface area contributed by atoms with E-state index in [2.05, 4.69) is 79.9 Å². The molecule has 0 aromatic carbocycles. The molecule has 2 heterocycles. The van der Waals surface area contributed by atoms with Gasteiger partial charge < -0.3 is 65.1 Å². The third-order valence-electron chi connectivity index (χ3n) is 19.6. The SMILES string of the molecule is CC/C=C\C/C=C\C/C=C\C/C=C\C/C=C\CCCCCCCCCCCCCCCCCCCCCCCC(=O)NC(COC1OC(CO)C(OC2OC(CO)C(O)C(O)C2O)C(O)C1O)C(O)/C=C/CCCCCCCCCCCCCCCCCCCCCCCCCC. The van der Waals surface area contributed by atoms with Crippen LogP contribution in [-0.2, 0) is 23.7 Å². The first-order chi connectivity index (χ1) is 47.6. The van der Waals surface area contributed by atoms with Gasteiger partial charge >= 0.3 is 0 Å². The number of hydrogen-bond acceptors (Lipinski definition) is 13. The second-order valence-electron chi connectivity index (χ2n) is 28.5. The van der Waals surface area contributed by atoms with E-state index < -0.39 is 86.8 Å². The van der Waals surface area contributed by atoms with Crippen LogP contribution in [0.25, 0.3) is 0 Å². The molecule has 2 aliphatic rings. The zero-order valence-electron chi connectivity index (χ0n) is 62.1. The molecule has 0 aromatic rings. The van der Waals surface area contributed by atoms with Gasteiger partial charge in [0.2, 0.25) is 5.91 Å². The molecular weight excluding hydrogens is 1220 g/mol. The number of carbonyl (C=O) groups excluding carboxylic acids is 1. The van der Waals surface area contributed by atoms with Gasteiger partial charge in [-0.15, -0.1) is 0 Å². The molecule has 2 rings (SSSR count). The highest BCUT2D eigenvalue weighted by atomic mass is 16.7. The van der Waals surface area contributed by atoms with Crippen molar-refractivity contribution in [1.29, 1.82) is 0 Å². The summed E-state index contributed by atoms with van der Waals surface area (Å²) in [4.78, 5) is 13.4. The molecule has 0 aromatic heterocycles. The molecule has 2 fully saturated rings. The Morgan fingerprint density at radius 2 is 0.711 bits per heavy atom. The molecule has 97 heavy (non-hydrogen) atoms. The van der Waals surface area contributed by atoms with Crippen molar-refractivity contribution in [2.24, 2.45) is 0 Å². The van der Waals surface area contributed by atoms with Gasteiger partial charge in [0.1, 0.15) is 48.8 Å². The van der Waals surface area contributed by atoms with Crippen LogP contribution in [0.5, 0.6) is 0 Å². The van der Waals surface area contributed by atoms with Crippen LogP contribution in [0.4, 0.5) is 0 Å². The van der Waals surface area contributed by atoms with Crippen LogP contribution in [0.3, 0.4) is 0 Å². The zero-order chi connectivity index (χ0) is 70.1. The second kappa shape index (κ2) is 66.7. The van der Waals surface area contributed by atoms with Crippen LogP contribution in [-0.4, -0.2) is 140 Å². The Bertz CT molecular complexity index is 1910. The topological polar surface area (TPSA) is 228 Å². The quantitative estimate of drug-likeness (QED) is 0.0204. The van der Waals surface area contributed by atoms with Crippen LogP contribution >= 0.6 is 0 Å². The molecule has 0 bridgehead atoms. The van der Waals surface area contributed by atoms with E-state index in [-0.39, 0.29) is 18.9 Å². The predicted molar refractivity (Wildman–Crippen MR) is 401 cm³/mol. The number of carbonyl (C=O) groups is 1. The summed E-state index contributed by atoms with van der Waals surface area (Å²) < 4.78 is 22.9. The third kappa shape index (κ3) is 49.6. The summed E-state index contributed by atoms with van der Waals surface area (Å²) in [6, 6.07) is -0.917. The Morgan fingerprint density at radius 3 is 1.09 bits per heavy atom. The van der Waals surface area contributed by atoms with Crippen molar-refractivity contribution >= 4 is 5.91 Å². The lowest BCUT2D eigenvalue weighted by molar-refractivity contribution is -0.359. The van der Waals surface area contributed by atoms with Gasteiger partial charge in [-0.1, -0.05) is 356 Å². The van der Waals surface area contributed by atoms with Gasteiger partial charge in [-0.2, -0.15) is 0 Å². The van der Waals surface area contributed by atoms with Crippen LogP contribution in [0.2, 0.25) is 0 Å². The minimum atomic E-state index is -1.79. The van der Waals surface area contributed by atoms with E-state index >= 15 is 0 Å². The van der Waals surface area contributed by atoms with Crippen molar-refractivity contribution in [1.82, 2.24) is 5.32 Å². The molecule has 2 saturated heterocycles. The first kappa shape index (κ1) is 90.5. The Labute approximate surface area is 593 Å². The van der Waals surface area contributed by atoms with Crippen molar-refractivity contribution in [3.8, 4) is 0 Å². The molecule has 9 N–H and O–H groups in total. The van der Waals surface area contributed by atoms with Crippen molar-refractivity contribution in [3.05, 3.63) is 72.9 Å². The van der Waals surface area contributed by atoms with E-state index in [4.69, 9.17) is 18.9 Å². The van der Waals surface area contributed by atoms with Crippen molar-refractivity contribution < 1.29 is 64.6 Å². The Hall–Kier alpha value is -2.57. The molecule has 14 heteroatoms. The van der Waals surface area contributed by atoms with Gasteiger partial charge in [0.25, 0.3) is 0 Å². The van der Waals surface area contributed by atoms with Crippen molar-refractivity contribution in [2.45, 2.75) is 428 Å². The standard InChI is InChI=1S/C83H151NO13/c1-3-5-7-9-11-13-15-17-19-21-23-25-27-29-31-32-33-34-35-36-37-38-39-40-41-43-45-47-49-51-53-55-57-59-61-63-65-67-75(88)84-71(70-94-82-80(93)78(91)81(74(69-86)96-82)97-83-79(92)77(90)76(89)73(68-85)95-83)72(87)66-64-62-60-58-56-54-52-50-48-46-44-42-30-28-26-24-22-20-18-16-14-12-10-8-6-4-2/h5,7,11,13,17,19,23,25,29,31,64,66,71-74,76-83,85-87,89-93H,3-4,6,8-10,12,14-16,18,20-22,24,26-28,30,32-63,65,67-70H2,1-2H3,(H,84,88)/b7-5-,13-11-,19-17-,25-23-,31-29-,66-64+. The molecule has 14 nitrogen and oxygen atoms in total. The summed E-state index contributed by atoms with van der Waals surface area (Å²) >= 11 is 0. The number of rotatable bonds is 68. The number of aliphatic hydroxyl groups is 8. The predicted octanol–water partition coefficient (Wildman–Crippen LogP) is 18.5. The van der Waals surface area contributed by atoms with Gasteiger partial charge in [-0.25, -0.2) is 0 Å². The van der Waals surface area contributed by atoms with Gasteiger partial charge in [-0.05, 0) is 64.2 Å². The van der Waals surface area contributed by atoms with Gasteiger partial charge in [-0.3, -0.25) is 4.79 Å². The molecule has 0 saturated carbocycles. The lowest BCUT2D eigenvalue weighted by Crippen LogP contribution is -2.65. The number of ether oxygens (including phenoxy) is 4. The molecule has 1 amide bonds. The number of nitrogens with one attached hydrogen (secondary N) is 1. The summed E-state index contributed by atoms with van der Waals surface area (Å²) in [6.45, 7) is 2.74. The van der Waals surface area contributed by atoms with Crippen LogP contribution in [0, 0.1) is 0 Å². The number of hydrogen-bond donors (Lipinski definition) is 9. The van der Waals surface area contributed by atoms with Crippen LogP contribution < -0.4 is 5.32 Å². The van der Waals surface area contributed by atoms with E-state index in [1.165, 1.54) is 257 Å². The molecular formula is C83H151NO13. The molecule has 12 unspecified atom stereocenters. The second-order valence-corrected chi connectivity index (χ2v) is 28.5. The highest BCUT2D eigenvalue weighted by Gasteiger charge is 2.51. The monoisotopic (exact) mass is 1370 g/mol. The van der Waals surface area contributed by atoms with Crippen LogP contribution in [0.15, 0.2) is 72.9 Å². The maximum atomic E-state index is 13.4. The fourth-order valence-electron chi connectivity index (χ4n) is 13.3. The van der Waals surface area contributed by atoms with E-state index in [0.29, 0.717) is 6.42 Å². The molecule has 0 aliphatic carbocycles. The fraction of sp³-hybridized carbons (Fsp3) is 0.843. The van der Waals surface area contributed by atoms with Crippen molar-refractivity contribution in [3.63, 3.8) is 0 Å². The summed E-state index contributed by atoms with van der Waals surface area (Å²) in [5.41, 5.74) is 0. The Kier molecular flexibility index (Phi) is 62.2. The number of aliphatic hydroxyl groups excluding tert-OH is 8. The first-order valence-electron chi connectivity index (χ1n) is 40.7. The minimum Gasteiger partial charge on any atom is -0.394 e. The fourth-order valence-corrected chi connectivity index (χ4v) is 13.3. The summed E-state index contributed by atoms with van der Waals surface area (Å²) in [7, 11) is 0. The van der Waals surface area contributed by atoms with Gasteiger partial charge in [0.15, 0.2) is 12.6 Å². The first-order valence-corrected chi connectivity index (χ1v) is 40.7. The minimum absolute atomic E-state index is 0.233. The molecule has 0 spiro atoms.